The number of nitrogens with one attached hydrogen (secondary N) is 2. The van der Waals surface area contributed by atoms with E-state index in [1.54, 1.807) is 0 Å². The molecule has 154 valence electrons. The van der Waals surface area contributed by atoms with Gasteiger partial charge in [0, 0.05) is 19.8 Å². The Kier molecular flexibility index (Phi) is 10.3. The molecule has 9 nitrogen and oxygen atoms in total. The lowest BCUT2D eigenvalue weighted by molar-refractivity contribution is -0.139. The van der Waals surface area contributed by atoms with Crippen LogP contribution in [0.15, 0.2) is 23.1 Å². The molecule has 11 heteroatoms. The standard InChI is InChI=1S/C16H25N3O6S.ClH/c1-5-6-12(16(21)22)17-10-15(20)18-11-7-8-13(25-4)14(9-11)26(23,24)19(2)3;/h7-9,12,17H,5-6,10H2,1-4H3,(H,18,20)(H,21,22);1H. The molecule has 0 aromatic heterocycles. The van der Waals surface area contributed by atoms with Crippen molar-refractivity contribution in [3.05, 3.63) is 18.2 Å². The molecule has 0 saturated carbocycles. The molecule has 1 aromatic carbocycles. The molecule has 0 radical (unpaired) electrons. The van der Waals surface area contributed by atoms with Gasteiger partial charge in [0.1, 0.15) is 16.7 Å². The number of anilines is 1. The summed E-state index contributed by atoms with van der Waals surface area (Å²) < 4.78 is 30.9. The third-order valence-corrected chi connectivity index (χ3v) is 5.43. The van der Waals surface area contributed by atoms with Gasteiger partial charge in [-0.25, -0.2) is 12.7 Å². The molecule has 0 heterocycles. The summed E-state index contributed by atoms with van der Waals surface area (Å²) in [6.45, 7) is 1.64. The fourth-order valence-electron chi connectivity index (χ4n) is 2.18. The van der Waals surface area contributed by atoms with E-state index in [4.69, 9.17) is 9.84 Å². The fraction of sp³-hybridized carbons (Fsp3) is 0.500. The van der Waals surface area contributed by atoms with Crippen LogP contribution in [0.5, 0.6) is 5.75 Å². The van der Waals surface area contributed by atoms with Gasteiger partial charge in [0.2, 0.25) is 15.9 Å². The summed E-state index contributed by atoms with van der Waals surface area (Å²) in [4.78, 5) is 23.0. The molecule has 0 fully saturated rings. The van der Waals surface area contributed by atoms with E-state index in [-0.39, 0.29) is 35.3 Å². The lowest BCUT2D eigenvalue weighted by Crippen LogP contribution is -2.41. The van der Waals surface area contributed by atoms with E-state index in [1.807, 2.05) is 6.92 Å². The zero-order valence-corrected chi connectivity index (χ0v) is 17.3. The SMILES string of the molecule is CCCC(NCC(=O)Nc1ccc(OC)c(S(=O)(=O)N(C)C)c1)C(=O)O.Cl. The largest absolute Gasteiger partial charge is 0.495 e. The molecule has 0 aliphatic rings. The fourth-order valence-corrected chi connectivity index (χ4v) is 3.25. The van der Waals surface area contributed by atoms with Gasteiger partial charge in [-0.1, -0.05) is 13.3 Å². The minimum absolute atomic E-state index is 0. The average molecular weight is 424 g/mol. The van der Waals surface area contributed by atoms with Crippen LogP contribution in [0.2, 0.25) is 0 Å². The highest BCUT2D eigenvalue weighted by Gasteiger charge is 2.23. The number of ether oxygens (including phenoxy) is 1. The molecule has 1 aromatic rings. The monoisotopic (exact) mass is 423 g/mol. The minimum atomic E-state index is -3.76. The zero-order chi connectivity index (χ0) is 19.9. The molecule has 0 saturated heterocycles. The second-order valence-electron chi connectivity index (χ2n) is 5.76. The van der Waals surface area contributed by atoms with Crippen molar-refractivity contribution in [1.29, 1.82) is 0 Å². The number of carbonyl (C=O) groups is 2. The highest BCUT2D eigenvalue weighted by Crippen LogP contribution is 2.28. The summed E-state index contributed by atoms with van der Waals surface area (Å²) in [5.74, 6) is -1.35. The van der Waals surface area contributed by atoms with Crippen molar-refractivity contribution in [2.75, 3.05) is 33.1 Å². The third-order valence-electron chi connectivity index (χ3n) is 3.59. The molecule has 1 amide bonds. The smallest absolute Gasteiger partial charge is 0.320 e. The summed E-state index contributed by atoms with van der Waals surface area (Å²) in [6, 6.07) is 3.43. The number of hydrogen-bond donors (Lipinski definition) is 3. The number of halogens is 1. The van der Waals surface area contributed by atoms with E-state index in [2.05, 4.69) is 10.6 Å². The number of amides is 1. The van der Waals surface area contributed by atoms with E-state index in [1.165, 1.54) is 39.4 Å². The van der Waals surface area contributed by atoms with Crippen molar-refractivity contribution < 1.29 is 27.9 Å². The Morgan fingerprint density at radius 1 is 1.30 bits per heavy atom. The summed E-state index contributed by atoms with van der Waals surface area (Å²) in [7, 11) is 0.380. The van der Waals surface area contributed by atoms with Crippen molar-refractivity contribution in [2.24, 2.45) is 0 Å². The predicted molar refractivity (Wildman–Crippen MR) is 104 cm³/mol. The zero-order valence-electron chi connectivity index (χ0n) is 15.7. The maximum absolute atomic E-state index is 12.4. The highest BCUT2D eigenvalue weighted by molar-refractivity contribution is 7.89. The molecular weight excluding hydrogens is 398 g/mol. The predicted octanol–water partition coefficient (Wildman–Crippen LogP) is 1.15. The number of sulfonamides is 1. The van der Waals surface area contributed by atoms with Crippen LogP contribution in [-0.4, -0.2) is 63.5 Å². The van der Waals surface area contributed by atoms with Crippen molar-refractivity contribution >= 4 is 40.0 Å². The lowest BCUT2D eigenvalue weighted by Gasteiger charge is -2.16. The Bertz CT molecular complexity index is 755. The van der Waals surface area contributed by atoms with E-state index >= 15 is 0 Å². The maximum atomic E-state index is 12.4. The third kappa shape index (κ3) is 6.98. The van der Waals surface area contributed by atoms with Gasteiger partial charge >= 0.3 is 5.97 Å². The quantitative estimate of drug-likeness (QED) is 0.515. The first-order valence-corrected chi connectivity index (χ1v) is 9.44. The van der Waals surface area contributed by atoms with E-state index in [9.17, 15) is 18.0 Å². The van der Waals surface area contributed by atoms with Crippen LogP contribution in [0.25, 0.3) is 0 Å². The van der Waals surface area contributed by atoms with Gasteiger partial charge < -0.3 is 15.2 Å². The van der Waals surface area contributed by atoms with Gasteiger partial charge in [-0.15, -0.1) is 12.4 Å². The number of methoxy groups -OCH3 is 1. The second kappa shape index (κ2) is 11.1. The molecule has 3 N–H and O–H groups in total. The summed E-state index contributed by atoms with van der Waals surface area (Å²) in [5, 5.41) is 14.3. The first-order chi connectivity index (χ1) is 12.1. The van der Waals surface area contributed by atoms with Crippen LogP contribution < -0.4 is 15.4 Å². The summed E-state index contributed by atoms with van der Waals surface area (Å²) in [5.41, 5.74) is 0.264. The van der Waals surface area contributed by atoms with Crippen molar-refractivity contribution in [3.63, 3.8) is 0 Å². The van der Waals surface area contributed by atoms with E-state index < -0.39 is 27.9 Å². The highest BCUT2D eigenvalue weighted by atomic mass is 35.5. The number of nitrogens with zero attached hydrogens (tertiary/aromatic N) is 1. The molecular formula is C16H26ClN3O6S. The van der Waals surface area contributed by atoms with Gasteiger partial charge in [0.25, 0.3) is 0 Å². The molecule has 1 rings (SSSR count). The van der Waals surface area contributed by atoms with Gasteiger partial charge in [-0.3, -0.25) is 14.9 Å². The van der Waals surface area contributed by atoms with Gasteiger partial charge in [-0.05, 0) is 24.6 Å². The van der Waals surface area contributed by atoms with Crippen LogP contribution >= 0.6 is 12.4 Å². The first kappa shape index (κ1) is 25.1. The van der Waals surface area contributed by atoms with Crippen molar-refractivity contribution in [2.45, 2.75) is 30.7 Å². The minimum Gasteiger partial charge on any atom is -0.495 e. The molecule has 1 unspecified atom stereocenters. The summed E-state index contributed by atoms with van der Waals surface area (Å²) >= 11 is 0. The number of carbonyl (C=O) groups excluding carboxylic acids is 1. The second-order valence-corrected chi connectivity index (χ2v) is 7.88. The van der Waals surface area contributed by atoms with Gasteiger partial charge in [0.05, 0.1) is 13.7 Å². The normalized spacial score (nSPS) is 12.2. The molecule has 27 heavy (non-hydrogen) atoms. The Labute approximate surface area is 165 Å². The van der Waals surface area contributed by atoms with Gasteiger partial charge in [0.15, 0.2) is 0 Å². The Morgan fingerprint density at radius 2 is 1.93 bits per heavy atom. The number of carboxylic acids is 1. The topological polar surface area (TPSA) is 125 Å². The lowest BCUT2D eigenvalue weighted by atomic mass is 10.2. The Balaban J connectivity index is 0.00000676. The number of carboxylic acid groups (broad SMARTS) is 1. The Hall–Kier alpha value is -1.88. The van der Waals surface area contributed by atoms with Crippen LogP contribution in [0.1, 0.15) is 19.8 Å². The number of hydrogen-bond acceptors (Lipinski definition) is 6. The van der Waals surface area contributed by atoms with E-state index in [0.29, 0.717) is 12.8 Å². The Morgan fingerprint density at radius 3 is 2.41 bits per heavy atom. The number of rotatable bonds is 10. The molecule has 0 bridgehead atoms. The molecule has 0 spiro atoms. The summed E-state index contributed by atoms with van der Waals surface area (Å²) in [6.07, 6.45) is 1.06. The van der Waals surface area contributed by atoms with Crippen LogP contribution in [0, 0.1) is 0 Å². The molecule has 0 aliphatic heterocycles. The first-order valence-electron chi connectivity index (χ1n) is 8.00. The maximum Gasteiger partial charge on any atom is 0.320 e. The number of benzene rings is 1. The van der Waals surface area contributed by atoms with Crippen molar-refractivity contribution in [3.8, 4) is 5.75 Å². The number of aliphatic carboxylic acids is 1. The molecule has 0 aliphatic carbocycles. The van der Waals surface area contributed by atoms with Crippen LogP contribution in [0.4, 0.5) is 5.69 Å². The van der Waals surface area contributed by atoms with Crippen LogP contribution in [-0.2, 0) is 19.6 Å². The average Bonchev–Trinajstić information content (AvgIpc) is 2.58. The van der Waals surface area contributed by atoms with E-state index in [0.717, 1.165) is 4.31 Å². The van der Waals surface area contributed by atoms with Gasteiger partial charge in [-0.2, -0.15) is 0 Å². The van der Waals surface area contributed by atoms with Crippen LogP contribution in [0.3, 0.4) is 0 Å². The molecule has 1 atom stereocenters. The van der Waals surface area contributed by atoms with Crippen molar-refractivity contribution in [1.82, 2.24) is 9.62 Å².